The number of nitrogens with zero attached hydrogens (tertiary/aromatic N) is 1. The summed E-state index contributed by atoms with van der Waals surface area (Å²) in [6.07, 6.45) is 5.13. The number of esters is 1. The van der Waals surface area contributed by atoms with E-state index < -0.39 is 36.4 Å². The van der Waals surface area contributed by atoms with E-state index in [4.69, 9.17) is 14.2 Å². The second kappa shape index (κ2) is 11.4. The van der Waals surface area contributed by atoms with Crippen LogP contribution in [0.15, 0.2) is 36.4 Å². The molecule has 1 aromatic carbocycles. The van der Waals surface area contributed by atoms with Gasteiger partial charge in [-0.1, -0.05) is 12.2 Å². The van der Waals surface area contributed by atoms with Crippen molar-refractivity contribution >= 4 is 29.5 Å². The van der Waals surface area contributed by atoms with E-state index in [1.54, 1.807) is 43.2 Å². The molecule has 3 N–H and O–H groups in total. The van der Waals surface area contributed by atoms with E-state index in [0.717, 1.165) is 0 Å². The van der Waals surface area contributed by atoms with E-state index in [1.807, 2.05) is 12.2 Å². The van der Waals surface area contributed by atoms with Gasteiger partial charge in [0.25, 0.3) is 0 Å². The van der Waals surface area contributed by atoms with E-state index in [9.17, 15) is 19.2 Å². The zero-order chi connectivity index (χ0) is 25.7. The van der Waals surface area contributed by atoms with Crippen LogP contribution >= 0.6 is 0 Å². The molecule has 11 nitrogen and oxygen atoms in total. The van der Waals surface area contributed by atoms with Crippen LogP contribution in [0, 0.1) is 0 Å². The number of cyclic esters (lactones) is 1. The first kappa shape index (κ1) is 25.5. The Bertz CT molecular complexity index is 1010. The van der Waals surface area contributed by atoms with Crippen LogP contribution in [0.3, 0.4) is 0 Å². The third-order valence-electron chi connectivity index (χ3n) is 6.58. The lowest BCUT2D eigenvalue weighted by Gasteiger charge is -2.34. The van der Waals surface area contributed by atoms with Crippen LogP contribution in [0.5, 0.6) is 5.75 Å². The molecule has 0 radical (unpaired) electrons. The van der Waals surface area contributed by atoms with Crippen LogP contribution in [-0.4, -0.2) is 72.9 Å². The van der Waals surface area contributed by atoms with Gasteiger partial charge in [0.2, 0.25) is 18.1 Å². The minimum absolute atomic E-state index is 0.0128. The Morgan fingerprint density at radius 3 is 2.56 bits per heavy atom. The maximum atomic E-state index is 13.6. The molecule has 2 unspecified atom stereocenters. The standard InChI is InChI=1S/C25H32N4O7/c1-3-35-24-19(14-21(30)36-24)27-22(31)20-13-10-16-6-4-5-7-18(23(32)29(16)20)28-25(33)26-15-8-11-17(34-2)12-9-15/h4-5,8-9,11-12,16,18-20,24H,3,6-7,10,13-14H2,1-2H3,(H,27,31)(H2,26,28,33)/t16-,18+,19?,20+,24?/m1/s1. The monoisotopic (exact) mass is 500 g/mol. The van der Waals surface area contributed by atoms with Gasteiger partial charge in [-0.3, -0.25) is 14.4 Å². The number of carbonyl (C=O) groups is 4. The van der Waals surface area contributed by atoms with Gasteiger partial charge in [0.15, 0.2) is 0 Å². The maximum absolute atomic E-state index is 13.6. The lowest BCUT2D eigenvalue weighted by atomic mass is 10.0. The van der Waals surface area contributed by atoms with Crippen molar-refractivity contribution in [1.82, 2.24) is 15.5 Å². The summed E-state index contributed by atoms with van der Waals surface area (Å²) in [4.78, 5) is 52.8. The molecule has 1 aromatic rings. The SMILES string of the molecule is CCOC1OC(=O)CC1NC(=O)[C@@H]1CC[C@H]2CC=CC[C@H](NC(=O)Nc3ccc(OC)cc3)C(=O)N21. The number of hydrogen-bond acceptors (Lipinski definition) is 7. The summed E-state index contributed by atoms with van der Waals surface area (Å²) in [7, 11) is 1.56. The number of fused-ring (bicyclic) bond motifs is 1. The highest BCUT2D eigenvalue weighted by atomic mass is 16.7. The highest BCUT2D eigenvalue weighted by molar-refractivity contribution is 5.96. The minimum Gasteiger partial charge on any atom is -0.497 e. The average molecular weight is 501 g/mol. The van der Waals surface area contributed by atoms with E-state index in [2.05, 4.69) is 16.0 Å². The highest BCUT2D eigenvalue weighted by Crippen LogP contribution is 2.30. The first-order chi connectivity index (χ1) is 17.4. The normalized spacial score (nSPS) is 27.5. The molecule has 3 heterocycles. The highest BCUT2D eigenvalue weighted by Gasteiger charge is 2.45. The van der Waals surface area contributed by atoms with Crippen molar-refractivity contribution in [2.75, 3.05) is 19.0 Å². The van der Waals surface area contributed by atoms with Crippen LogP contribution in [0.2, 0.25) is 0 Å². The number of carbonyl (C=O) groups excluding carboxylic acids is 4. The molecule has 194 valence electrons. The Kier molecular flexibility index (Phi) is 8.09. The lowest BCUT2D eigenvalue weighted by molar-refractivity contribution is -0.164. The fraction of sp³-hybridized carbons (Fsp3) is 0.520. The van der Waals surface area contributed by atoms with E-state index in [-0.39, 0.29) is 24.3 Å². The molecule has 5 atom stereocenters. The zero-order valence-electron chi connectivity index (χ0n) is 20.4. The topological polar surface area (TPSA) is 135 Å². The van der Waals surface area contributed by atoms with Crippen molar-refractivity contribution in [3.63, 3.8) is 0 Å². The van der Waals surface area contributed by atoms with Crippen molar-refractivity contribution < 1.29 is 33.4 Å². The number of anilines is 1. The number of amides is 4. The third-order valence-corrected chi connectivity index (χ3v) is 6.58. The van der Waals surface area contributed by atoms with E-state index in [1.165, 1.54) is 0 Å². The molecule has 0 bridgehead atoms. The Labute approximate surface area is 209 Å². The van der Waals surface area contributed by atoms with E-state index >= 15 is 0 Å². The molecular formula is C25H32N4O7. The Morgan fingerprint density at radius 2 is 1.83 bits per heavy atom. The first-order valence-corrected chi connectivity index (χ1v) is 12.2. The number of urea groups is 1. The fourth-order valence-electron chi connectivity index (χ4n) is 4.84. The van der Waals surface area contributed by atoms with Crippen molar-refractivity contribution in [3.05, 3.63) is 36.4 Å². The van der Waals surface area contributed by atoms with Gasteiger partial charge >= 0.3 is 12.0 Å². The van der Waals surface area contributed by atoms with Crippen LogP contribution in [0.25, 0.3) is 0 Å². The van der Waals surface area contributed by atoms with Gasteiger partial charge in [0.1, 0.15) is 23.9 Å². The third kappa shape index (κ3) is 5.78. The number of methoxy groups -OCH3 is 1. The molecule has 0 aliphatic carbocycles. The van der Waals surface area contributed by atoms with Gasteiger partial charge in [-0.2, -0.15) is 0 Å². The second-order valence-electron chi connectivity index (χ2n) is 8.95. The maximum Gasteiger partial charge on any atom is 0.319 e. The van der Waals surface area contributed by atoms with Gasteiger partial charge in [-0.15, -0.1) is 0 Å². The summed E-state index contributed by atoms with van der Waals surface area (Å²) >= 11 is 0. The summed E-state index contributed by atoms with van der Waals surface area (Å²) in [6.45, 7) is 2.11. The number of nitrogens with one attached hydrogen (secondary N) is 3. The van der Waals surface area contributed by atoms with Crippen LogP contribution in [0.4, 0.5) is 10.5 Å². The molecule has 4 amide bonds. The van der Waals surface area contributed by atoms with Gasteiger partial charge < -0.3 is 35.1 Å². The number of hydrogen-bond donors (Lipinski definition) is 3. The second-order valence-corrected chi connectivity index (χ2v) is 8.95. The van der Waals surface area contributed by atoms with Gasteiger partial charge in [0.05, 0.1) is 13.5 Å². The number of ether oxygens (including phenoxy) is 3. The zero-order valence-corrected chi connectivity index (χ0v) is 20.4. The summed E-state index contributed by atoms with van der Waals surface area (Å²) < 4.78 is 15.7. The smallest absolute Gasteiger partial charge is 0.319 e. The quantitative estimate of drug-likeness (QED) is 0.383. The number of benzene rings is 1. The molecule has 2 saturated heterocycles. The molecule has 0 aromatic heterocycles. The number of rotatable bonds is 7. The molecule has 0 spiro atoms. The Balaban J connectivity index is 1.42. The summed E-state index contributed by atoms with van der Waals surface area (Å²) in [5.74, 6) is -0.453. The molecule has 2 fully saturated rings. The van der Waals surface area contributed by atoms with Gasteiger partial charge in [-0.05, 0) is 56.9 Å². The predicted molar refractivity (Wildman–Crippen MR) is 129 cm³/mol. The molecule has 0 saturated carbocycles. The molecule has 36 heavy (non-hydrogen) atoms. The summed E-state index contributed by atoms with van der Waals surface area (Å²) in [5.41, 5.74) is 0.552. The summed E-state index contributed by atoms with van der Waals surface area (Å²) in [6, 6.07) is 4.01. The molecule has 3 aliphatic rings. The van der Waals surface area contributed by atoms with Crippen molar-refractivity contribution in [2.45, 2.75) is 69.5 Å². The predicted octanol–water partition coefficient (Wildman–Crippen LogP) is 1.69. The lowest BCUT2D eigenvalue weighted by Crippen LogP contribution is -2.57. The molecule has 11 heteroatoms. The van der Waals surface area contributed by atoms with Gasteiger partial charge in [0, 0.05) is 18.3 Å². The van der Waals surface area contributed by atoms with Crippen molar-refractivity contribution in [2.24, 2.45) is 0 Å². The van der Waals surface area contributed by atoms with Crippen molar-refractivity contribution in [1.29, 1.82) is 0 Å². The largest absolute Gasteiger partial charge is 0.497 e. The Hall–Kier alpha value is -3.60. The molecular weight excluding hydrogens is 468 g/mol. The Morgan fingerprint density at radius 1 is 1.08 bits per heavy atom. The first-order valence-electron chi connectivity index (χ1n) is 12.2. The van der Waals surface area contributed by atoms with Crippen LogP contribution in [0.1, 0.15) is 39.0 Å². The van der Waals surface area contributed by atoms with Crippen molar-refractivity contribution in [3.8, 4) is 5.75 Å². The average Bonchev–Trinajstić information content (AvgIpc) is 3.43. The fourth-order valence-corrected chi connectivity index (χ4v) is 4.84. The minimum atomic E-state index is -0.842. The molecule has 3 aliphatic heterocycles. The molecule has 4 rings (SSSR count). The van der Waals surface area contributed by atoms with E-state index in [0.29, 0.717) is 43.7 Å². The van der Waals surface area contributed by atoms with Gasteiger partial charge in [-0.25, -0.2) is 4.79 Å². The van der Waals surface area contributed by atoms with Crippen LogP contribution in [-0.2, 0) is 23.9 Å². The summed E-state index contributed by atoms with van der Waals surface area (Å²) in [5, 5.41) is 8.31. The van der Waals surface area contributed by atoms with Crippen LogP contribution < -0.4 is 20.7 Å².